The Hall–Kier alpha value is -0.930. The lowest BCUT2D eigenvalue weighted by molar-refractivity contribution is 0.196. The van der Waals surface area contributed by atoms with E-state index in [0.717, 1.165) is 25.3 Å². The van der Waals surface area contributed by atoms with E-state index in [1.165, 1.54) is 21.8 Å². The Morgan fingerprint density at radius 2 is 2.29 bits per heavy atom. The summed E-state index contributed by atoms with van der Waals surface area (Å²) in [6.07, 6.45) is 1.04. The van der Waals surface area contributed by atoms with Crippen molar-refractivity contribution in [3.63, 3.8) is 0 Å². The van der Waals surface area contributed by atoms with Crippen molar-refractivity contribution in [1.29, 1.82) is 0 Å². The van der Waals surface area contributed by atoms with Crippen LogP contribution in [0.1, 0.15) is 12.0 Å². The Labute approximate surface area is 108 Å². The molecular formula is C14H19NOS. The maximum Gasteiger partial charge on any atom is 0.0549 e. The fraction of sp³-hybridized carbons (Fsp3) is 0.429. The molecule has 0 aliphatic carbocycles. The normalized spacial score (nSPS) is 14.9. The van der Waals surface area contributed by atoms with Gasteiger partial charge < -0.3 is 9.64 Å². The number of nitrogens with zero attached hydrogens (tertiary/aromatic N) is 1. The summed E-state index contributed by atoms with van der Waals surface area (Å²) in [4.78, 5) is 3.69. The van der Waals surface area contributed by atoms with Crippen molar-refractivity contribution in [2.45, 2.75) is 18.2 Å². The van der Waals surface area contributed by atoms with Crippen molar-refractivity contribution in [2.75, 3.05) is 30.9 Å². The Morgan fingerprint density at radius 1 is 1.47 bits per heavy atom. The lowest BCUT2D eigenvalue weighted by Crippen LogP contribution is -2.28. The third-order valence-corrected chi connectivity index (χ3v) is 4.05. The van der Waals surface area contributed by atoms with Gasteiger partial charge in [-0.1, -0.05) is 12.6 Å². The molecule has 1 aromatic rings. The first-order valence-electron chi connectivity index (χ1n) is 5.90. The van der Waals surface area contributed by atoms with Crippen molar-refractivity contribution in [3.8, 4) is 0 Å². The minimum Gasteiger partial charge on any atom is -0.385 e. The summed E-state index contributed by atoms with van der Waals surface area (Å²) < 4.78 is 5.12. The molecule has 17 heavy (non-hydrogen) atoms. The number of fused-ring (bicyclic) bond motifs is 1. The van der Waals surface area contributed by atoms with Crippen molar-refractivity contribution in [3.05, 3.63) is 36.0 Å². The number of benzene rings is 1. The molecule has 0 amide bonds. The van der Waals surface area contributed by atoms with Crippen LogP contribution in [-0.4, -0.2) is 26.0 Å². The van der Waals surface area contributed by atoms with Crippen molar-refractivity contribution in [1.82, 2.24) is 0 Å². The van der Waals surface area contributed by atoms with Crippen LogP contribution < -0.4 is 4.90 Å². The molecule has 1 aliphatic heterocycles. The quantitative estimate of drug-likeness (QED) is 0.758. The van der Waals surface area contributed by atoms with Crippen LogP contribution in [-0.2, 0) is 4.74 Å². The van der Waals surface area contributed by atoms with Gasteiger partial charge in [0, 0.05) is 36.6 Å². The highest BCUT2D eigenvalue weighted by Gasteiger charge is 2.19. The van der Waals surface area contributed by atoms with Gasteiger partial charge in [0.05, 0.1) is 5.69 Å². The third kappa shape index (κ3) is 2.85. The van der Waals surface area contributed by atoms with Gasteiger partial charge in [-0.3, -0.25) is 0 Å². The SMILES string of the molecule is C=C1CSc2ccc(C)cc2N1CCCOC. The van der Waals surface area contributed by atoms with Crippen LogP contribution >= 0.6 is 11.8 Å². The van der Waals surface area contributed by atoms with Gasteiger partial charge in [0.25, 0.3) is 0 Å². The predicted octanol–water partition coefficient (Wildman–Crippen LogP) is 3.46. The molecule has 0 atom stereocenters. The second-order valence-corrected chi connectivity index (χ2v) is 5.34. The van der Waals surface area contributed by atoms with E-state index in [0.29, 0.717) is 0 Å². The van der Waals surface area contributed by atoms with Gasteiger partial charge in [-0.2, -0.15) is 0 Å². The summed E-state index contributed by atoms with van der Waals surface area (Å²) in [7, 11) is 1.75. The number of thioether (sulfide) groups is 1. The summed E-state index contributed by atoms with van der Waals surface area (Å²) in [6.45, 7) is 8.10. The van der Waals surface area contributed by atoms with E-state index in [1.807, 2.05) is 11.8 Å². The molecule has 0 unspecified atom stereocenters. The molecule has 2 rings (SSSR count). The number of methoxy groups -OCH3 is 1. The van der Waals surface area contributed by atoms with Gasteiger partial charge in [0.1, 0.15) is 0 Å². The van der Waals surface area contributed by atoms with E-state index in [-0.39, 0.29) is 0 Å². The molecule has 0 N–H and O–H groups in total. The molecule has 92 valence electrons. The second kappa shape index (κ2) is 5.61. The van der Waals surface area contributed by atoms with E-state index in [1.54, 1.807) is 7.11 Å². The van der Waals surface area contributed by atoms with Gasteiger partial charge in [-0.15, -0.1) is 11.8 Å². The first kappa shape index (κ1) is 12.5. The average Bonchev–Trinajstić information content (AvgIpc) is 2.32. The molecule has 0 saturated carbocycles. The van der Waals surface area contributed by atoms with Crippen molar-refractivity contribution >= 4 is 17.4 Å². The van der Waals surface area contributed by atoms with Gasteiger partial charge in [-0.05, 0) is 31.0 Å². The first-order chi connectivity index (χ1) is 8.22. The van der Waals surface area contributed by atoms with Crippen molar-refractivity contribution < 1.29 is 4.74 Å². The molecule has 3 heteroatoms. The van der Waals surface area contributed by atoms with E-state index >= 15 is 0 Å². The highest BCUT2D eigenvalue weighted by Crippen LogP contribution is 2.38. The highest BCUT2D eigenvalue weighted by atomic mass is 32.2. The molecule has 0 radical (unpaired) electrons. The monoisotopic (exact) mass is 249 g/mol. The molecule has 0 spiro atoms. The van der Waals surface area contributed by atoms with Crippen LogP contribution in [0, 0.1) is 6.92 Å². The highest BCUT2D eigenvalue weighted by molar-refractivity contribution is 7.99. The van der Waals surface area contributed by atoms with E-state index in [4.69, 9.17) is 4.74 Å². The maximum absolute atomic E-state index is 5.12. The number of hydrogen-bond donors (Lipinski definition) is 0. The molecule has 0 aromatic heterocycles. The van der Waals surface area contributed by atoms with Gasteiger partial charge in [-0.25, -0.2) is 0 Å². The summed E-state index contributed by atoms with van der Waals surface area (Å²) >= 11 is 1.88. The van der Waals surface area contributed by atoms with Gasteiger partial charge in [0.15, 0.2) is 0 Å². The predicted molar refractivity (Wildman–Crippen MR) is 74.9 cm³/mol. The molecular weight excluding hydrogens is 230 g/mol. The zero-order valence-corrected chi connectivity index (χ0v) is 11.3. The molecule has 1 aromatic carbocycles. The van der Waals surface area contributed by atoms with Crippen LogP contribution in [0.15, 0.2) is 35.4 Å². The Morgan fingerprint density at radius 3 is 3.06 bits per heavy atom. The topological polar surface area (TPSA) is 12.5 Å². The lowest BCUT2D eigenvalue weighted by Gasteiger charge is -2.33. The van der Waals surface area contributed by atoms with Crippen LogP contribution in [0.2, 0.25) is 0 Å². The maximum atomic E-state index is 5.12. The standard InChI is InChI=1S/C14H19NOS/c1-11-5-6-14-13(9-11)15(7-4-8-16-3)12(2)10-17-14/h5-6,9H,2,4,7-8,10H2,1,3H3. The summed E-state index contributed by atoms with van der Waals surface area (Å²) in [5.74, 6) is 0.989. The minimum atomic E-state index is 0.804. The van der Waals surface area contributed by atoms with E-state index in [2.05, 4.69) is 36.6 Å². The zero-order chi connectivity index (χ0) is 12.3. The summed E-state index contributed by atoms with van der Waals surface area (Å²) in [5, 5.41) is 0. The number of ether oxygens (including phenoxy) is 1. The Bertz CT molecular complexity index is 417. The second-order valence-electron chi connectivity index (χ2n) is 4.32. The summed E-state index contributed by atoms with van der Waals surface area (Å²) in [5.41, 5.74) is 3.81. The van der Waals surface area contributed by atoms with Crippen LogP contribution in [0.5, 0.6) is 0 Å². The number of rotatable bonds is 4. The summed E-state index contributed by atoms with van der Waals surface area (Å²) in [6, 6.07) is 6.64. The lowest BCUT2D eigenvalue weighted by atomic mass is 10.2. The molecule has 0 bridgehead atoms. The molecule has 0 saturated heterocycles. The average molecular weight is 249 g/mol. The van der Waals surface area contributed by atoms with E-state index in [9.17, 15) is 0 Å². The number of aryl methyl sites for hydroxylation is 1. The fourth-order valence-corrected chi connectivity index (χ4v) is 2.97. The number of anilines is 1. The minimum absolute atomic E-state index is 0.804. The van der Waals surface area contributed by atoms with Gasteiger partial charge in [0.2, 0.25) is 0 Å². The molecule has 1 heterocycles. The van der Waals surface area contributed by atoms with E-state index < -0.39 is 0 Å². The van der Waals surface area contributed by atoms with Crippen LogP contribution in [0.4, 0.5) is 5.69 Å². The Balaban J connectivity index is 2.20. The largest absolute Gasteiger partial charge is 0.385 e. The molecule has 2 nitrogen and oxygen atoms in total. The molecule has 0 fully saturated rings. The Kier molecular flexibility index (Phi) is 4.13. The van der Waals surface area contributed by atoms with Crippen LogP contribution in [0.3, 0.4) is 0 Å². The first-order valence-corrected chi connectivity index (χ1v) is 6.88. The van der Waals surface area contributed by atoms with Gasteiger partial charge >= 0.3 is 0 Å². The van der Waals surface area contributed by atoms with Crippen LogP contribution in [0.25, 0.3) is 0 Å². The zero-order valence-electron chi connectivity index (χ0n) is 10.5. The third-order valence-electron chi connectivity index (χ3n) is 2.91. The molecule has 1 aliphatic rings. The smallest absolute Gasteiger partial charge is 0.0549 e. The number of hydrogen-bond acceptors (Lipinski definition) is 3. The fourth-order valence-electron chi connectivity index (χ4n) is 2.02. The van der Waals surface area contributed by atoms with Crippen molar-refractivity contribution in [2.24, 2.45) is 0 Å².